The molecule has 1 aliphatic heterocycles. The minimum atomic E-state index is -0.489. The molecule has 0 aromatic heterocycles. The van der Waals surface area contributed by atoms with Gasteiger partial charge < -0.3 is 14.6 Å². The number of fused-ring (bicyclic) bond motifs is 1. The Balaban J connectivity index is 2.25. The number of hydrogen-bond acceptors (Lipinski definition) is 3. The molecule has 0 aliphatic carbocycles. The highest BCUT2D eigenvalue weighted by Gasteiger charge is 2.36. The molecule has 4 heteroatoms. The van der Waals surface area contributed by atoms with Crippen molar-refractivity contribution in [2.45, 2.75) is 32.0 Å². The zero-order chi connectivity index (χ0) is 12.5. The van der Waals surface area contributed by atoms with Gasteiger partial charge in [0.15, 0.2) is 0 Å². The van der Waals surface area contributed by atoms with Crippen molar-refractivity contribution < 1.29 is 14.6 Å². The lowest BCUT2D eigenvalue weighted by Crippen LogP contribution is -2.42. The minimum absolute atomic E-state index is 0.455. The molecule has 94 valence electrons. The Labute approximate surface area is 110 Å². The molecule has 1 unspecified atom stereocenters. The number of rotatable bonds is 3. The van der Waals surface area contributed by atoms with Gasteiger partial charge in [-0.25, -0.2) is 0 Å². The first kappa shape index (κ1) is 12.9. The van der Waals surface area contributed by atoms with Crippen LogP contribution in [0.25, 0.3) is 0 Å². The topological polar surface area (TPSA) is 38.7 Å². The summed E-state index contributed by atoms with van der Waals surface area (Å²) in [5.74, 6) is 0.736. The lowest BCUT2D eigenvalue weighted by Gasteiger charge is -2.38. The van der Waals surface area contributed by atoms with Crippen LogP contribution in [0.4, 0.5) is 0 Å². The monoisotopic (exact) mass is 300 g/mol. The van der Waals surface area contributed by atoms with Gasteiger partial charge in [-0.05, 0) is 26.0 Å². The van der Waals surface area contributed by atoms with E-state index < -0.39 is 11.7 Å². The van der Waals surface area contributed by atoms with Crippen LogP contribution < -0.4 is 4.74 Å². The van der Waals surface area contributed by atoms with Crippen molar-refractivity contribution in [3.8, 4) is 5.75 Å². The molecule has 1 heterocycles. The molecule has 1 aromatic carbocycles. The number of benzene rings is 1. The lowest BCUT2D eigenvalue weighted by molar-refractivity contribution is -0.0575. The molecule has 1 N–H and O–H groups in total. The second-order valence-corrected chi connectivity index (χ2v) is 5.51. The second kappa shape index (κ2) is 4.96. The number of halogens is 1. The Hall–Kier alpha value is -0.580. The van der Waals surface area contributed by atoms with Gasteiger partial charge in [-0.3, -0.25) is 0 Å². The molecule has 0 spiro atoms. The summed E-state index contributed by atoms with van der Waals surface area (Å²) in [6.07, 6.45) is 0.0686. The fourth-order valence-electron chi connectivity index (χ4n) is 2.10. The Morgan fingerprint density at radius 2 is 2.35 bits per heavy atom. The summed E-state index contributed by atoms with van der Waals surface area (Å²) in [6, 6.07) is 5.70. The average Bonchev–Trinajstić information content (AvgIpc) is 2.25. The second-order valence-electron chi connectivity index (χ2n) is 4.59. The summed E-state index contributed by atoms with van der Waals surface area (Å²) in [7, 11) is 0. The number of hydrogen-bond donors (Lipinski definition) is 1. The molecule has 3 nitrogen and oxygen atoms in total. The van der Waals surface area contributed by atoms with Gasteiger partial charge in [-0.2, -0.15) is 0 Å². The molecule has 1 aliphatic rings. The summed E-state index contributed by atoms with van der Waals surface area (Å²) in [4.78, 5) is 0. The molecule has 0 bridgehead atoms. The van der Waals surface area contributed by atoms with Gasteiger partial charge in [0, 0.05) is 23.1 Å². The molecular weight excluding hydrogens is 284 g/mol. The van der Waals surface area contributed by atoms with E-state index in [4.69, 9.17) is 9.47 Å². The van der Waals surface area contributed by atoms with Gasteiger partial charge in [0.2, 0.25) is 0 Å². The zero-order valence-electron chi connectivity index (χ0n) is 10.1. The average molecular weight is 301 g/mol. The zero-order valence-corrected chi connectivity index (χ0v) is 11.7. The van der Waals surface area contributed by atoms with Crippen LogP contribution in [-0.4, -0.2) is 23.9 Å². The van der Waals surface area contributed by atoms with E-state index in [0.717, 1.165) is 15.8 Å². The van der Waals surface area contributed by atoms with Crippen molar-refractivity contribution in [1.82, 2.24) is 0 Å². The van der Waals surface area contributed by atoms with Crippen molar-refractivity contribution in [3.63, 3.8) is 0 Å². The van der Waals surface area contributed by atoms with E-state index >= 15 is 0 Å². The molecule has 1 aromatic rings. The van der Waals surface area contributed by atoms with E-state index in [2.05, 4.69) is 15.9 Å². The molecule has 0 radical (unpaired) electrons. The first-order chi connectivity index (χ1) is 8.04. The van der Waals surface area contributed by atoms with Crippen molar-refractivity contribution in [2.75, 3.05) is 13.2 Å². The van der Waals surface area contributed by atoms with Crippen molar-refractivity contribution in [1.29, 1.82) is 0 Å². The third-order valence-corrected chi connectivity index (χ3v) is 3.42. The molecule has 0 fully saturated rings. The van der Waals surface area contributed by atoms with Gasteiger partial charge in [-0.15, -0.1) is 0 Å². The quantitative estimate of drug-likeness (QED) is 0.932. The van der Waals surface area contributed by atoms with E-state index in [1.54, 1.807) is 0 Å². The molecule has 2 rings (SSSR count). The van der Waals surface area contributed by atoms with E-state index in [9.17, 15) is 5.11 Å². The Morgan fingerprint density at radius 3 is 3.06 bits per heavy atom. The van der Waals surface area contributed by atoms with Crippen LogP contribution in [0.15, 0.2) is 22.7 Å². The maximum atomic E-state index is 10.1. The van der Waals surface area contributed by atoms with Gasteiger partial charge >= 0.3 is 0 Å². The Kier molecular flexibility index (Phi) is 3.76. The van der Waals surface area contributed by atoms with E-state index in [1.165, 1.54) is 0 Å². The Morgan fingerprint density at radius 1 is 1.59 bits per heavy atom. The maximum absolute atomic E-state index is 10.1. The summed E-state index contributed by atoms with van der Waals surface area (Å²) >= 11 is 3.41. The summed E-state index contributed by atoms with van der Waals surface area (Å²) in [6.45, 7) is 5.07. The van der Waals surface area contributed by atoms with Crippen LogP contribution >= 0.6 is 15.9 Å². The number of aliphatic hydroxyl groups is 1. The number of aliphatic hydroxyl groups excluding tert-OH is 1. The minimum Gasteiger partial charge on any atom is -0.485 e. The van der Waals surface area contributed by atoms with Gasteiger partial charge in [0.25, 0.3) is 0 Å². The molecule has 0 saturated carbocycles. The van der Waals surface area contributed by atoms with Crippen LogP contribution in [0, 0.1) is 0 Å². The normalized spacial score (nSPS) is 27.4. The standard InChI is InChI=1S/C13H17BrO3/c1-3-16-8-13(2)7-11(15)10-5-4-9(14)6-12(10)17-13/h4-6,11,15H,3,7-8H2,1-2H3/t11-,13?/m1/s1. The van der Waals surface area contributed by atoms with Crippen molar-refractivity contribution in [2.24, 2.45) is 0 Å². The third kappa shape index (κ3) is 2.81. The SMILES string of the molecule is CCOCC1(C)C[C@@H](O)c2ccc(Br)cc2O1. The van der Waals surface area contributed by atoms with Crippen molar-refractivity contribution >= 4 is 15.9 Å². The molecule has 0 amide bonds. The lowest BCUT2D eigenvalue weighted by atomic mass is 9.91. The van der Waals surface area contributed by atoms with Gasteiger partial charge in [0.05, 0.1) is 12.7 Å². The Bertz CT molecular complexity index is 408. The van der Waals surface area contributed by atoms with Crippen LogP contribution in [0.5, 0.6) is 5.75 Å². The van der Waals surface area contributed by atoms with Crippen LogP contribution in [-0.2, 0) is 4.74 Å². The highest BCUT2D eigenvalue weighted by atomic mass is 79.9. The third-order valence-electron chi connectivity index (χ3n) is 2.93. The first-order valence-corrected chi connectivity index (χ1v) is 6.57. The van der Waals surface area contributed by atoms with E-state index in [-0.39, 0.29) is 0 Å². The summed E-state index contributed by atoms with van der Waals surface area (Å²) in [5.41, 5.74) is 0.394. The molecular formula is C13H17BrO3. The fraction of sp³-hybridized carbons (Fsp3) is 0.538. The highest BCUT2D eigenvalue weighted by Crippen LogP contribution is 2.40. The molecule has 0 saturated heterocycles. The van der Waals surface area contributed by atoms with E-state index in [1.807, 2.05) is 32.0 Å². The molecule has 17 heavy (non-hydrogen) atoms. The molecule has 2 atom stereocenters. The van der Waals surface area contributed by atoms with Crippen LogP contribution in [0.2, 0.25) is 0 Å². The van der Waals surface area contributed by atoms with Gasteiger partial charge in [0.1, 0.15) is 11.4 Å². The first-order valence-electron chi connectivity index (χ1n) is 5.78. The maximum Gasteiger partial charge on any atom is 0.132 e. The largest absolute Gasteiger partial charge is 0.485 e. The smallest absolute Gasteiger partial charge is 0.132 e. The van der Waals surface area contributed by atoms with Crippen LogP contribution in [0.1, 0.15) is 31.9 Å². The van der Waals surface area contributed by atoms with Crippen LogP contribution in [0.3, 0.4) is 0 Å². The van der Waals surface area contributed by atoms with Crippen molar-refractivity contribution in [3.05, 3.63) is 28.2 Å². The predicted molar refractivity (Wildman–Crippen MR) is 69.2 cm³/mol. The summed E-state index contributed by atoms with van der Waals surface area (Å²) in [5, 5.41) is 10.1. The number of ether oxygens (including phenoxy) is 2. The van der Waals surface area contributed by atoms with E-state index in [0.29, 0.717) is 19.6 Å². The fourth-order valence-corrected chi connectivity index (χ4v) is 2.44. The van der Waals surface area contributed by atoms with Gasteiger partial charge in [-0.1, -0.05) is 22.0 Å². The summed E-state index contributed by atoms with van der Waals surface area (Å²) < 4.78 is 12.3. The predicted octanol–water partition coefficient (Wildman–Crippen LogP) is 3.06. The highest BCUT2D eigenvalue weighted by molar-refractivity contribution is 9.10.